The molecule has 0 saturated carbocycles. The number of rotatable bonds is 2. The first-order chi connectivity index (χ1) is 8.33. The molecule has 17 heavy (non-hydrogen) atoms. The first-order valence-electron chi connectivity index (χ1n) is 6.10. The highest BCUT2D eigenvalue weighted by molar-refractivity contribution is 5.67. The molecule has 0 radical (unpaired) electrons. The van der Waals surface area contributed by atoms with Crippen LogP contribution in [0.5, 0.6) is 0 Å². The third-order valence-corrected chi connectivity index (χ3v) is 4.09. The number of hydrogen-bond donors (Lipinski definition) is 0. The van der Waals surface area contributed by atoms with Gasteiger partial charge in [-0.15, -0.1) is 0 Å². The number of nitrogens with zero attached hydrogens (tertiary/aromatic N) is 2. The smallest absolute Gasteiger partial charge is 0.128 e. The molecular weight excluding hydrogens is 212 g/mol. The lowest BCUT2D eigenvalue weighted by atomic mass is 9.77. The van der Waals surface area contributed by atoms with Crippen molar-refractivity contribution < 1.29 is 4.74 Å². The third kappa shape index (κ3) is 1.25. The van der Waals surface area contributed by atoms with E-state index in [0.29, 0.717) is 12.6 Å². The van der Waals surface area contributed by atoms with Crippen molar-refractivity contribution >= 4 is 5.69 Å². The van der Waals surface area contributed by atoms with Gasteiger partial charge in [0.25, 0.3) is 0 Å². The van der Waals surface area contributed by atoms with Gasteiger partial charge in [-0.1, -0.05) is 18.2 Å². The van der Waals surface area contributed by atoms with Crippen LogP contribution in [0.2, 0.25) is 0 Å². The van der Waals surface area contributed by atoms with Gasteiger partial charge in [-0.05, 0) is 18.9 Å². The summed E-state index contributed by atoms with van der Waals surface area (Å²) in [5, 5.41) is 9.68. The summed E-state index contributed by atoms with van der Waals surface area (Å²) in [5.74, 6) is 0. The van der Waals surface area contributed by atoms with Crippen molar-refractivity contribution in [2.24, 2.45) is 0 Å². The topological polar surface area (TPSA) is 36.3 Å². The molecule has 0 bridgehead atoms. The lowest BCUT2D eigenvalue weighted by Gasteiger charge is -2.28. The number of anilines is 1. The molecular formula is C14H16N2O. The van der Waals surface area contributed by atoms with E-state index in [-0.39, 0.29) is 0 Å². The monoisotopic (exact) mass is 228 g/mol. The Bertz CT molecular complexity index is 479. The standard InChI is InChI=1S/C14H16N2O/c1-17-10-14(9-15)11-5-2-3-6-12(11)16-8-4-7-13(14)16/h2-3,5-6,13H,4,7-8,10H2,1H3. The van der Waals surface area contributed by atoms with E-state index in [1.54, 1.807) is 7.11 Å². The van der Waals surface area contributed by atoms with Crippen molar-refractivity contribution in [3.05, 3.63) is 29.8 Å². The Morgan fingerprint density at radius 1 is 1.53 bits per heavy atom. The van der Waals surface area contributed by atoms with E-state index in [1.807, 2.05) is 6.07 Å². The number of para-hydroxylation sites is 1. The second-order valence-electron chi connectivity index (χ2n) is 4.88. The minimum Gasteiger partial charge on any atom is -0.383 e. The zero-order valence-electron chi connectivity index (χ0n) is 10.0. The summed E-state index contributed by atoms with van der Waals surface area (Å²) in [5.41, 5.74) is 1.91. The normalized spacial score (nSPS) is 29.9. The molecule has 0 N–H and O–H groups in total. The second kappa shape index (κ2) is 3.75. The number of ether oxygens (including phenoxy) is 1. The van der Waals surface area contributed by atoms with Crippen LogP contribution in [-0.2, 0) is 10.2 Å². The molecule has 0 aliphatic carbocycles. The van der Waals surface area contributed by atoms with Gasteiger partial charge < -0.3 is 9.64 Å². The van der Waals surface area contributed by atoms with Crippen molar-refractivity contribution in [1.29, 1.82) is 5.26 Å². The van der Waals surface area contributed by atoms with Gasteiger partial charge >= 0.3 is 0 Å². The fourth-order valence-electron chi connectivity index (χ4n) is 3.42. The third-order valence-electron chi connectivity index (χ3n) is 4.09. The number of nitriles is 1. The summed E-state index contributed by atoms with van der Waals surface area (Å²) in [6, 6.07) is 11.1. The first kappa shape index (κ1) is 10.6. The Labute approximate surface area is 102 Å². The van der Waals surface area contributed by atoms with E-state index in [1.165, 1.54) is 12.1 Å². The van der Waals surface area contributed by atoms with E-state index in [4.69, 9.17) is 4.74 Å². The molecule has 2 heterocycles. The number of benzene rings is 1. The summed E-state index contributed by atoms with van der Waals surface area (Å²) in [6.07, 6.45) is 2.26. The van der Waals surface area contributed by atoms with E-state index in [0.717, 1.165) is 18.5 Å². The minimum absolute atomic E-state index is 0.296. The zero-order valence-corrected chi connectivity index (χ0v) is 10.0. The molecule has 2 aliphatic rings. The molecule has 1 saturated heterocycles. The van der Waals surface area contributed by atoms with E-state index >= 15 is 0 Å². The first-order valence-corrected chi connectivity index (χ1v) is 6.10. The van der Waals surface area contributed by atoms with Gasteiger partial charge in [-0.3, -0.25) is 0 Å². The lowest BCUT2D eigenvalue weighted by Crippen LogP contribution is -2.43. The average molecular weight is 228 g/mol. The molecule has 2 aliphatic heterocycles. The number of hydrogen-bond acceptors (Lipinski definition) is 3. The van der Waals surface area contributed by atoms with Crippen LogP contribution in [0.4, 0.5) is 5.69 Å². The largest absolute Gasteiger partial charge is 0.383 e. The maximum atomic E-state index is 9.68. The van der Waals surface area contributed by atoms with Crippen molar-refractivity contribution in [1.82, 2.24) is 0 Å². The zero-order chi connectivity index (χ0) is 11.9. The van der Waals surface area contributed by atoms with Gasteiger partial charge in [0.1, 0.15) is 5.41 Å². The fourth-order valence-corrected chi connectivity index (χ4v) is 3.42. The van der Waals surface area contributed by atoms with Gasteiger partial charge in [-0.25, -0.2) is 0 Å². The molecule has 0 spiro atoms. The Morgan fingerprint density at radius 3 is 3.12 bits per heavy atom. The fraction of sp³-hybridized carbons (Fsp3) is 0.500. The van der Waals surface area contributed by atoms with Gasteiger partial charge in [0.2, 0.25) is 0 Å². The molecule has 3 heteroatoms. The van der Waals surface area contributed by atoms with Gasteiger partial charge in [0.15, 0.2) is 0 Å². The minimum atomic E-state index is -0.470. The SMILES string of the molecule is COCC1(C#N)c2ccccc2N2CCCC21. The molecule has 0 amide bonds. The molecule has 3 rings (SSSR count). The molecule has 1 fully saturated rings. The Balaban J connectivity index is 2.18. The van der Waals surface area contributed by atoms with Crippen LogP contribution in [0.3, 0.4) is 0 Å². The van der Waals surface area contributed by atoms with Crippen LogP contribution in [0.15, 0.2) is 24.3 Å². The van der Waals surface area contributed by atoms with Gasteiger partial charge in [-0.2, -0.15) is 5.26 Å². The maximum Gasteiger partial charge on any atom is 0.128 e. The maximum absolute atomic E-state index is 9.68. The predicted molar refractivity (Wildman–Crippen MR) is 66.0 cm³/mol. The second-order valence-corrected chi connectivity index (χ2v) is 4.88. The summed E-state index contributed by atoms with van der Waals surface area (Å²) in [6.45, 7) is 1.55. The highest BCUT2D eigenvalue weighted by atomic mass is 16.5. The van der Waals surface area contributed by atoms with Crippen LogP contribution < -0.4 is 4.90 Å². The molecule has 88 valence electrons. The summed E-state index contributed by atoms with van der Waals surface area (Å²) in [4.78, 5) is 2.39. The van der Waals surface area contributed by atoms with Crippen LogP contribution >= 0.6 is 0 Å². The van der Waals surface area contributed by atoms with E-state index in [9.17, 15) is 5.26 Å². The quantitative estimate of drug-likeness (QED) is 0.777. The van der Waals surface area contributed by atoms with Gasteiger partial charge in [0.05, 0.1) is 18.7 Å². The average Bonchev–Trinajstić information content (AvgIpc) is 2.93. The van der Waals surface area contributed by atoms with Crippen LogP contribution in [0.25, 0.3) is 0 Å². The van der Waals surface area contributed by atoms with Crippen molar-refractivity contribution in [2.75, 3.05) is 25.2 Å². The van der Waals surface area contributed by atoms with Crippen LogP contribution in [0, 0.1) is 11.3 Å². The van der Waals surface area contributed by atoms with E-state index in [2.05, 4.69) is 29.2 Å². The Hall–Kier alpha value is -1.53. The van der Waals surface area contributed by atoms with Gasteiger partial charge in [0, 0.05) is 24.9 Å². The van der Waals surface area contributed by atoms with Crippen molar-refractivity contribution in [2.45, 2.75) is 24.3 Å². The summed E-state index contributed by atoms with van der Waals surface area (Å²) < 4.78 is 5.34. The number of methoxy groups -OCH3 is 1. The highest BCUT2D eigenvalue weighted by Crippen LogP contribution is 2.49. The molecule has 2 unspecified atom stereocenters. The van der Waals surface area contributed by atoms with Crippen molar-refractivity contribution in [3.63, 3.8) is 0 Å². The Morgan fingerprint density at radius 2 is 2.35 bits per heavy atom. The summed E-state index contributed by atoms with van der Waals surface area (Å²) >= 11 is 0. The van der Waals surface area contributed by atoms with Crippen LogP contribution in [0.1, 0.15) is 18.4 Å². The Kier molecular flexibility index (Phi) is 2.34. The lowest BCUT2D eigenvalue weighted by molar-refractivity contribution is 0.146. The number of fused-ring (bicyclic) bond motifs is 3. The molecule has 3 nitrogen and oxygen atoms in total. The molecule has 1 aromatic carbocycles. The summed E-state index contributed by atoms with van der Waals surface area (Å²) in [7, 11) is 1.68. The van der Waals surface area contributed by atoms with Crippen LogP contribution in [-0.4, -0.2) is 26.3 Å². The molecule has 0 aromatic heterocycles. The van der Waals surface area contributed by atoms with Crippen molar-refractivity contribution in [3.8, 4) is 6.07 Å². The molecule has 1 aromatic rings. The van der Waals surface area contributed by atoms with E-state index < -0.39 is 5.41 Å². The predicted octanol–water partition coefficient (Wildman–Crippen LogP) is 2.08. The highest BCUT2D eigenvalue weighted by Gasteiger charge is 2.53. The molecule has 2 atom stereocenters.